The van der Waals surface area contributed by atoms with Crippen LogP contribution in [0.5, 0.6) is 6.01 Å². The minimum absolute atomic E-state index is 0.0474. The summed E-state index contributed by atoms with van der Waals surface area (Å²) >= 11 is 0. The van der Waals surface area contributed by atoms with Crippen molar-refractivity contribution < 1.29 is 19.4 Å². The molecule has 1 atom stereocenters. The number of nitrogens with one attached hydrogen (secondary N) is 2. The highest BCUT2D eigenvalue weighted by atomic mass is 16.5. The van der Waals surface area contributed by atoms with Crippen LogP contribution in [0.3, 0.4) is 0 Å². The Morgan fingerprint density at radius 3 is 2.55 bits per heavy atom. The van der Waals surface area contributed by atoms with Gasteiger partial charge in [-0.3, -0.25) is 9.89 Å². The normalized spacial score (nSPS) is 13.4. The zero-order valence-corrected chi connectivity index (χ0v) is 18.0. The van der Waals surface area contributed by atoms with E-state index in [2.05, 4.69) is 31.5 Å². The number of urea groups is 1. The Kier molecular flexibility index (Phi) is 6.16. The molecule has 4 aromatic rings. The number of carboxylic acid groups (broad SMARTS) is 1. The number of hydrogen-bond acceptors (Lipinski definition) is 6. The lowest BCUT2D eigenvalue weighted by Crippen LogP contribution is -2.40. The first-order valence-electron chi connectivity index (χ1n) is 10.1. The Balaban J connectivity index is 0.000000821. The monoisotopic (exact) mass is 446 g/mol. The lowest BCUT2D eigenvalue weighted by atomic mass is 10.0. The number of rotatable bonds is 4. The number of carbonyl (C=O) groups excluding carboxylic acids is 1. The van der Waals surface area contributed by atoms with Gasteiger partial charge in [0.05, 0.1) is 25.2 Å². The minimum atomic E-state index is -0.250. The third-order valence-electron chi connectivity index (χ3n) is 5.46. The zero-order chi connectivity index (χ0) is 23.4. The Hall–Kier alpha value is -4.47. The van der Waals surface area contributed by atoms with Crippen molar-refractivity contribution in [2.75, 3.05) is 12.4 Å². The van der Waals surface area contributed by atoms with Gasteiger partial charge in [0, 0.05) is 29.0 Å². The van der Waals surface area contributed by atoms with Crippen molar-refractivity contribution in [3.8, 4) is 17.3 Å². The molecule has 5 rings (SSSR count). The van der Waals surface area contributed by atoms with Gasteiger partial charge in [-0.25, -0.2) is 14.8 Å². The molecule has 0 radical (unpaired) electrons. The van der Waals surface area contributed by atoms with Crippen LogP contribution in [0.15, 0.2) is 54.9 Å². The quantitative estimate of drug-likeness (QED) is 0.406. The van der Waals surface area contributed by atoms with Gasteiger partial charge < -0.3 is 20.1 Å². The van der Waals surface area contributed by atoms with Gasteiger partial charge in [-0.15, -0.1) is 0 Å². The number of carbonyl (C=O) groups is 2. The first kappa shape index (κ1) is 21.8. The molecule has 0 saturated heterocycles. The number of ether oxygens (including phenoxy) is 1. The van der Waals surface area contributed by atoms with E-state index in [4.69, 9.17) is 14.6 Å². The molecule has 168 valence electrons. The van der Waals surface area contributed by atoms with Crippen molar-refractivity contribution in [2.24, 2.45) is 0 Å². The summed E-state index contributed by atoms with van der Waals surface area (Å²) < 4.78 is 5.03. The van der Waals surface area contributed by atoms with Crippen molar-refractivity contribution in [2.45, 2.75) is 19.5 Å². The molecule has 1 aliphatic heterocycles. The van der Waals surface area contributed by atoms with Gasteiger partial charge in [-0.1, -0.05) is 30.3 Å². The minimum Gasteiger partial charge on any atom is -0.483 e. The zero-order valence-electron chi connectivity index (χ0n) is 18.0. The molecule has 0 spiro atoms. The Bertz CT molecular complexity index is 1270. The van der Waals surface area contributed by atoms with Crippen LogP contribution in [0, 0.1) is 0 Å². The summed E-state index contributed by atoms with van der Waals surface area (Å²) in [5.74, 6) is 0. The number of aromatic amines is 1. The maximum Gasteiger partial charge on any atom is 0.322 e. The largest absolute Gasteiger partial charge is 0.483 e. The molecule has 0 fully saturated rings. The number of fused-ring (bicyclic) bond motifs is 2. The lowest BCUT2D eigenvalue weighted by molar-refractivity contribution is -0.122. The van der Waals surface area contributed by atoms with Crippen molar-refractivity contribution >= 4 is 29.1 Å². The van der Waals surface area contributed by atoms with Crippen LogP contribution in [-0.2, 0) is 11.3 Å². The average Bonchev–Trinajstić information content (AvgIpc) is 3.25. The predicted octanol–water partition coefficient (Wildman–Crippen LogP) is 3.84. The topological polar surface area (TPSA) is 133 Å². The van der Waals surface area contributed by atoms with Crippen LogP contribution in [0.4, 0.5) is 10.5 Å². The second-order valence-electron chi connectivity index (χ2n) is 7.34. The summed E-state index contributed by atoms with van der Waals surface area (Å²) in [6.45, 7) is 2.30. The molecule has 2 aromatic carbocycles. The summed E-state index contributed by atoms with van der Waals surface area (Å²) in [5.41, 5.74) is 5.31. The van der Waals surface area contributed by atoms with E-state index in [0.29, 0.717) is 12.6 Å². The molecule has 3 heterocycles. The van der Waals surface area contributed by atoms with Gasteiger partial charge in [0.25, 0.3) is 6.47 Å². The van der Waals surface area contributed by atoms with Crippen LogP contribution in [0.1, 0.15) is 24.1 Å². The van der Waals surface area contributed by atoms with Crippen molar-refractivity contribution in [1.29, 1.82) is 0 Å². The second kappa shape index (κ2) is 9.35. The van der Waals surface area contributed by atoms with E-state index in [1.54, 1.807) is 12.4 Å². The maximum atomic E-state index is 12.8. The van der Waals surface area contributed by atoms with Gasteiger partial charge in [0.15, 0.2) is 0 Å². The number of aromatic nitrogens is 4. The fourth-order valence-corrected chi connectivity index (χ4v) is 3.79. The van der Waals surface area contributed by atoms with E-state index >= 15 is 0 Å². The fraction of sp³-hybridized carbons (Fsp3) is 0.174. The van der Waals surface area contributed by atoms with E-state index in [0.717, 1.165) is 39.0 Å². The van der Waals surface area contributed by atoms with E-state index in [1.807, 2.05) is 48.2 Å². The molecule has 2 aromatic heterocycles. The summed E-state index contributed by atoms with van der Waals surface area (Å²) in [7, 11) is 1.53. The van der Waals surface area contributed by atoms with Gasteiger partial charge >= 0.3 is 12.0 Å². The molecule has 0 bridgehead atoms. The van der Waals surface area contributed by atoms with Crippen LogP contribution in [0.2, 0.25) is 0 Å². The van der Waals surface area contributed by atoms with E-state index in [1.165, 1.54) is 7.11 Å². The highest BCUT2D eigenvalue weighted by Crippen LogP contribution is 2.35. The molecule has 0 aliphatic carbocycles. The SMILES string of the molecule is COc1ncc(-c2n[nH]c3cc4c(cc23)CN([C@H](C)c2ccccc2)C(=O)N4)cn1.O=CO. The highest BCUT2D eigenvalue weighted by molar-refractivity contribution is 6.00. The van der Waals surface area contributed by atoms with E-state index < -0.39 is 0 Å². The molecule has 2 amide bonds. The Labute approximate surface area is 189 Å². The number of hydrogen-bond donors (Lipinski definition) is 3. The Morgan fingerprint density at radius 1 is 1.18 bits per heavy atom. The van der Waals surface area contributed by atoms with E-state index in [9.17, 15) is 4.79 Å². The maximum absolute atomic E-state index is 12.8. The predicted molar refractivity (Wildman–Crippen MR) is 122 cm³/mol. The standard InChI is InChI=1S/C22H20N6O2.CH2O2/c1-13(14-6-4-3-5-7-14)28-12-15-8-17-19(9-18(15)25-22(28)29)26-27-20(17)16-10-23-21(30-2)24-11-16;2-1-3/h3-11,13H,12H2,1-2H3,(H,25,29)(H,26,27);1H,(H,2,3)/t13-;/m1./s1. The first-order chi connectivity index (χ1) is 16.0. The molecule has 3 N–H and O–H groups in total. The molecular formula is C23H22N6O4. The van der Waals surface area contributed by atoms with Crippen molar-refractivity contribution in [3.05, 3.63) is 66.0 Å². The average molecular weight is 446 g/mol. The summed E-state index contributed by atoms with van der Waals surface area (Å²) in [6.07, 6.45) is 3.37. The molecule has 0 saturated carbocycles. The molecule has 33 heavy (non-hydrogen) atoms. The van der Waals surface area contributed by atoms with Crippen LogP contribution in [0.25, 0.3) is 22.2 Å². The summed E-state index contributed by atoms with van der Waals surface area (Å²) in [6, 6.07) is 14.2. The lowest BCUT2D eigenvalue weighted by Gasteiger charge is -2.34. The van der Waals surface area contributed by atoms with E-state index in [-0.39, 0.29) is 18.5 Å². The third kappa shape index (κ3) is 4.31. The van der Waals surface area contributed by atoms with Gasteiger partial charge in [0.1, 0.15) is 5.69 Å². The number of H-pyrrole nitrogens is 1. The molecular weight excluding hydrogens is 424 g/mol. The second-order valence-corrected chi connectivity index (χ2v) is 7.34. The van der Waals surface area contributed by atoms with Crippen LogP contribution < -0.4 is 10.1 Å². The number of anilines is 1. The molecule has 0 unspecified atom stereocenters. The van der Waals surface area contributed by atoms with Crippen molar-refractivity contribution in [1.82, 2.24) is 25.1 Å². The number of methoxy groups -OCH3 is 1. The van der Waals surface area contributed by atoms with Crippen LogP contribution in [-0.4, -0.2) is 49.8 Å². The third-order valence-corrected chi connectivity index (χ3v) is 5.46. The van der Waals surface area contributed by atoms with Crippen molar-refractivity contribution in [3.63, 3.8) is 0 Å². The van der Waals surface area contributed by atoms with Gasteiger partial charge in [0.2, 0.25) is 0 Å². The van der Waals surface area contributed by atoms with Crippen LogP contribution >= 0.6 is 0 Å². The van der Waals surface area contributed by atoms with Gasteiger partial charge in [-0.2, -0.15) is 5.10 Å². The Morgan fingerprint density at radius 2 is 1.88 bits per heavy atom. The number of benzene rings is 2. The highest BCUT2D eigenvalue weighted by Gasteiger charge is 2.28. The molecule has 10 nitrogen and oxygen atoms in total. The number of amides is 2. The summed E-state index contributed by atoms with van der Waals surface area (Å²) in [5, 5.41) is 18.3. The smallest absolute Gasteiger partial charge is 0.322 e. The number of nitrogens with zero attached hydrogens (tertiary/aromatic N) is 4. The first-order valence-corrected chi connectivity index (χ1v) is 10.1. The molecule has 10 heteroatoms. The fourth-order valence-electron chi connectivity index (χ4n) is 3.79. The molecule has 1 aliphatic rings. The van der Waals surface area contributed by atoms with Gasteiger partial charge in [-0.05, 0) is 30.2 Å². The summed E-state index contributed by atoms with van der Waals surface area (Å²) in [4.78, 5) is 31.3.